The van der Waals surface area contributed by atoms with Gasteiger partial charge in [0.25, 0.3) is 5.91 Å². The number of ether oxygens (including phenoxy) is 1. The van der Waals surface area contributed by atoms with Crippen LogP contribution in [0, 0.1) is 0 Å². The molecule has 2 heterocycles. The summed E-state index contributed by atoms with van der Waals surface area (Å²) >= 11 is 3.29. The highest BCUT2D eigenvalue weighted by Gasteiger charge is 2.31. The van der Waals surface area contributed by atoms with Crippen LogP contribution in [0.5, 0.6) is 0 Å². The number of rotatable bonds is 2. The zero-order chi connectivity index (χ0) is 11.6. The largest absolute Gasteiger partial charge is 0.379 e. The number of aromatic nitrogens is 1. The number of hydrogen-bond acceptors (Lipinski definition) is 3. The van der Waals surface area contributed by atoms with Gasteiger partial charge in [-0.2, -0.15) is 0 Å². The normalized spacial score (nSPS) is 24.4. The Balaban J connectivity index is 2.08. The van der Waals surface area contributed by atoms with Gasteiger partial charge in [0.15, 0.2) is 0 Å². The van der Waals surface area contributed by atoms with Crippen molar-refractivity contribution in [3.8, 4) is 0 Å². The molecule has 1 atom stereocenters. The first-order valence-corrected chi connectivity index (χ1v) is 5.89. The van der Waals surface area contributed by atoms with Crippen LogP contribution in [0.4, 0.5) is 0 Å². The predicted molar refractivity (Wildman–Crippen MR) is 63.2 cm³/mol. The zero-order valence-corrected chi connectivity index (χ0v) is 10.6. The van der Waals surface area contributed by atoms with Crippen LogP contribution < -0.4 is 5.32 Å². The molecule has 1 saturated heterocycles. The van der Waals surface area contributed by atoms with E-state index in [1.807, 2.05) is 6.92 Å². The highest BCUT2D eigenvalue weighted by Crippen LogP contribution is 2.18. The van der Waals surface area contributed by atoms with Gasteiger partial charge in [0, 0.05) is 23.5 Å². The number of hydrogen-bond donors (Lipinski definition) is 1. The number of nitrogens with zero attached hydrogens (tertiary/aromatic N) is 1. The van der Waals surface area contributed by atoms with Crippen molar-refractivity contribution in [1.82, 2.24) is 10.3 Å². The maximum Gasteiger partial charge on any atom is 0.253 e. The van der Waals surface area contributed by atoms with Gasteiger partial charge in [-0.15, -0.1) is 0 Å². The molecule has 86 valence electrons. The van der Waals surface area contributed by atoms with Crippen molar-refractivity contribution in [2.24, 2.45) is 0 Å². The van der Waals surface area contributed by atoms with E-state index < -0.39 is 0 Å². The summed E-state index contributed by atoms with van der Waals surface area (Å²) < 4.78 is 6.08. The molecule has 1 fully saturated rings. The minimum Gasteiger partial charge on any atom is -0.379 e. The number of nitrogens with one attached hydrogen (secondary N) is 1. The summed E-state index contributed by atoms with van der Waals surface area (Å²) in [4.78, 5) is 15.9. The molecule has 1 aliphatic rings. The molecule has 0 bridgehead atoms. The Morgan fingerprint density at radius 2 is 2.44 bits per heavy atom. The van der Waals surface area contributed by atoms with Crippen molar-refractivity contribution in [3.05, 3.63) is 28.5 Å². The summed E-state index contributed by atoms with van der Waals surface area (Å²) in [6.45, 7) is 3.26. The van der Waals surface area contributed by atoms with Gasteiger partial charge in [0.2, 0.25) is 0 Å². The van der Waals surface area contributed by atoms with E-state index in [1.54, 1.807) is 18.5 Å². The fourth-order valence-electron chi connectivity index (χ4n) is 1.65. The number of carbonyl (C=O) groups is 1. The SMILES string of the molecule is CC1(NC(=O)c2cncc(Br)c2)CCOC1. The summed E-state index contributed by atoms with van der Waals surface area (Å²) in [5.41, 5.74) is 0.307. The summed E-state index contributed by atoms with van der Waals surface area (Å²) in [6, 6.07) is 1.75. The molecule has 1 aromatic rings. The van der Waals surface area contributed by atoms with Crippen molar-refractivity contribution < 1.29 is 9.53 Å². The molecule has 1 aliphatic heterocycles. The van der Waals surface area contributed by atoms with Crippen LogP contribution in [0.25, 0.3) is 0 Å². The highest BCUT2D eigenvalue weighted by molar-refractivity contribution is 9.10. The molecule has 0 saturated carbocycles. The van der Waals surface area contributed by atoms with Gasteiger partial charge in [-0.1, -0.05) is 0 Å². The third kappa shape index (κ3) is 2.59. The van der Waals surface area contributed by atoms with Crippen LogP contribution in [0.3, 0.4) is 0 Å². The number of halogens is 1. The first kappa shape index (κ1) is 11.5. The molecular formula is C11H13BrN2O2. The molecule has 16 heavy (non-hydrogen) atoms. The highest BCUT2D eigenvalue weighted by atomic mass is 79.9. The second-order valence-corrected chi connectivity index (χ2v) is 5.12. The van der Waals surface area contributed by atoms with Crippen molar-refractivity contribution >= 4 is 21.8 Å². The third-order valence-corrected chi connectivity index (χ3v) is 3.03. The zero-order valence-electron chi connectivity index (χ0n) is 9.00. The first-order valence-electron chi connectivity index (χ1n) is 5.10. The third-order valence-electron chi connectivity index (χ3n) is 2.60. The van der Waals surface area contributed by atoms with Gasteiger partial charge in [-0.05, 0) is 35.3 Å². The maximum atomic E-state index is 11.9. The van der Waals surface area contributed by atoms with E-state index in [0.717, 1.165) is 10.9 Å². The van der Waals surface area contributed by atoms with E-state index in [-0.39, 0.29) is 11.4 Å². The van der Waals surface area contributed by atoms with Crippen LogP contribution in [0.2, 0.25) is 0 Å². The average Bonchev–Trinajstić information content (AvgIpc) is 2.65. The standard InChI is InChI=1S/C11H13BrN2O2/c1-11(2-3-16-7-11)14-10(15)8-4-9(12)6-13-5-8/h4-6H,2-3,7H2,1H3,(H,14,15). The average molecular weight is 285 g/mol. The Morgan fingerprint density at radius 3 is 3.06 bits per heavy atom. The van der Waals surface area contributed by atoms with E-state index in [2.05, 4.69) is 26.2 Å². The maximum absolute atomic E-state index is 11.9. The monoisotopic (exact) mass is 284 g/mol. The van der Waals surface area contributed by atoms with Crippen LogP contribution in [-0.2, 0) is 4.74 Å². The van der Waals surface area contributed by atoms with Crippen molar-refractivity contribution in [2.75, 3.05) is 13.2 Å². The van der Waals surface area contributed by atoms with Crippen LogP contribution in [0.15, 0.2) is 22.9 Å². The fraction of sp³-hybridized carbons (Fsp3) is 0.455. The summed E-state index contributed by atoms with van der Waals surface area (Å²) in [5.74, 6) is -0.109. The van der Waals surface area contributed by atoms with Crippen LogP contribution >= 0.6 is 15.9 Å². The molecule has 0 radical (unpaired) electrons. The Morgan fingerprint density at radius 1 is 1.62 bits per heavy atom. The molecule has 0 spiro atoms. The smallest absolute Gasteiger partial charge is 0.253 e. The van der Waals surface area contributed by atoms with Crippen LogP contribution in [0.1, 0.15) is 23.7 Å². The number of amides is 1. The molecule has 1 unspecified atom stereocenters. The molecule has 5 heteroatoms. The van der Waals surface area contributed by atoms with Crippen molar-refractivity contribution in [2.45, 2.75) is 18.9 Å². The van der Waals surface area contributed by atoms with Gasteiger partial charge in [0.1, 0.15) is 0 Å². The summed E-state index contributed by atoms with van der Waals surface area (Å²) in [7, 11) is 0. The molecule has 4 nitrogen and oxygen atoms in total. The minimum absolute atomic E-state index is 0.109. The fourth-order valence-corrected chi connectivity index (χ4v) is 2.01. The van der Waals surface area contributed by atoms with Gasteiger partial charge >= 0.3 is 0 Å². The second kappa shape index (κ2) is 4.51. The molecule has 1 aromatic heterocycles. The lowest BCUT2D eigenvalue weighted by Crippen LogP contribution is -2.46. The number of carbonyl (C=O) groups excluding carboxylic acids is 1. The van der Waals surface area contributed by atoms with E-state index >= 15 is 0 Å². The number of pyridine rings is 1. The van der Waals surface area contributed by atoms with Gasteiger partial charge in [-0.25, -0.2) is 0 Å². The summed E-state index contributed by atoms with van der Waals surface area (Å²) in [5, 5.41) is 2.97. The molecule has 1 amide bonds. The van der Waals surface area contributed by atoms with E-state index in [4.69, 9.17) is 4.74 Å². The van der Waals surface area contributed by atoms with E-state index in [9.17, 15) is 4.79 Å². The summed E-state index contributed by atoms with van der Waals surface area (Å²) in [6.07, 6.45) is 4.05. The predicted octanol–water partition coefficient (Wildman–Crippen LogP) is 1.75. The topological polar surface area (TPSA) is 51.2 Å². The second-order valence-electron chi connectivity index (χ2n) is 4.21. The Bertz CT molecular complexity index is 403. The Labute approximate surface area is 103 Å². The van der Waals surface area contributed by atoms with Gasteiger partial charge in [0.05, 0.1) is 17.7 Å². The lowest BCUT2D eigenvalue weighted by molar-refractivity contribution is 0.0889. The molecular weight excluding hydrogens is 272 g/mol. The molecule has 1 N–H and O–H groups in total. The Kier molecular flexibility index (Phi) is 3.25. The lowest BCUT2D eigenvalue weighted by atomic mass is 10.0. The molecule has 2 rings (SSSR count). The Hall–Kier alpha value is -0.940. The van der Waals surface area contributed by atoms with Gasteiger partial charge < -0.3 is 10.1 Å². The van der Waals surface area contributed by atoms with Gasteiger partial charge in [-0.3, -0.25) is 9.78 Å². The first-order chi connectivity index (χ1) is 7.59. The van der Waals surface area contributed by atoms with Crippen molar-refractivity contribution in [3.63, 3.8) is 0 Å². The minimum atomic E-state index is -0.251. The quantitative estimate of drug-likeness (QED) is 0.900. The van der Waals surface area contributed by atoms with E-state index in [1.165, 1.54) is 0 Å². The lowest BCUT2D eigenvalue weighted by Gasteiger charge is -2.23. The molecule has 0 aromatic carbocycles. The van der Waals surface area contributed by atoms with E-state index in [0.29, 0.717) is 18.8 Å². The van der Waals surface area contributed by atoms with Crippen molar-refractivity contribution in [1.29, 1.82) is 0 Å². The molecule has 0 aliphatic carbocycles. The van der Waals surface area contributed by atoms with Crippen LogP contribution in [-0.4, -0.2) is 29.6 Å².